The smallest absolute Gasteiger partial charge is 0.202 e. The second kappa shape index (κ2) is 8.91. The minimum atomic E-state index is -2.36. The SMILES string of the molecule is CC[C@]1(C)[C@@H]([C@H](C)CCCC(C)C)CC[C@H]1C1=CCC2CCC(O)C(O)(O)[C@]2(C)C1=O. The normalized spacial score (nSPS) is 41.2. The standard InChI is InChI=1S/C27H46O4/c1-7-25(5)21(18(4)10-8-9-17(2)3)14-15-22(25)20-13-11-19-12-16-23(28)27(30,31)26(19,6)24(20)29/h13,17-19,21-23,28,30-31H,7-12,14-16H2,1-6H3/t18-,19?,21-,22+,23?,25-,26+/m1/s1. The van der Waals surface area contributed by atoms with Crippen LogP contribution in [-0.2, 0) is 4.79 Å². The fourth-order valence-electron chi connectivity index (χ4n) is 7.43. The van der Waals surface area contributed by atoms with Crippen LogP contribution in [0, 0.1) is 40.4 Å². The Hall–Kier alpha value is -0.710. The van der Waals surface area contributed by atoms with Crippen molar-refractivity contribution < 1.29 is 20.1 Å². The fraction of sp³-hybridized carbons (Fsp3) is 0.889. The maximum absolute atomic E-state index is 13.9. The molecule has 0 aromatic heterocycles. The molecule has 3 aliphatic rings. The summed E-state index contributed by atoms with van der Waals surface area (Å²) in [6.45, 7) is 13.2. The number of fused-ring (bicyclic) bond motifs is 1. The highest BCUT2D eigenvalue weighted by atomic mass is 16.5. The van der Waals surface area contributed by atoms with Gasteiger partial charge in [-0.1, -0.05) is 60.0 Å². The Morgan fingerprint density at radius 2 is 1.74 bits per heavy atom. The molecule has 0 aromatic carbocycles. The molecule has 2 saturated carbocycles. The van der Waals surface area contributed by atoms with Crippen LogP contribution in [0.2, 0.25) is 0 Å². The largest absolute Gasteiger partial charge is 0.387 e. The second-order valence-electron chi connectivity index (χ2n) is 11.8. The monoisotopic (exact) mass is 434 g/mol. The van der Waals surface area contributed by atoms with Gasteiger partial charge >= 0.3 is 0 Å². The molecule has 4 heteroatoms. The molecule has 3 N–H and O–H groups in total. The van der Waals surface area contributed by atoms with Crippen LogP contribution in [0.5, 0.6) is 0 Å². The van der Waals surface area contributed by atoms with Gasteiger partial charge in [0.1, 0.15) is 6.10 Å². The Bertz CT molecular complexity index is 695. The zero-order valence-electron chi connectivity index (χ0n) is 20.7. The van der Waals surface area contributed by atoms with Gasteiger partial charge in [-0.05, 0) is 86.0 Å². The van der Waals surface area contributed by atoms with E-state index in [9.17, 15) is 20.1 Å². The van der Waals surface area contributed by atoms with E-state index < -0.39 is 17.3 Å². The first-order chi connectivity index (χ1) is 14.4. The molecule has 0 bridgehead atoms. The van der Waals surface area contributed by atoms with E-state index in [0.29, 0.717) is 31.1 Å². The number of rotatable bonds is 7. The van der Waals surface area contributed by atoms with Crippen LogP contribution in [0.15, 0.2) is 11.6 Å². The number of aliphatic hydroxyl groups is 3. The lowest BCUT2D eigenvalue weighted by molar-refractivity contribution is -0.307. The van der Waals surface area contributed by atoms with E-state index in [2.05, 4.69) is 40.7 Å². The molecule has 2 fully saturated rings. The maximum Gasteiger partial charge on any atom is 0.202 e. The molecule has 4 nitrogen and oxygen atoms in total. The van der Waals surface area contributed by atoms with E-state index in [1.165, 1.54) is 19.3 Å². The van der Waals surface area contributed by atoms with Gasteiger partial charge < -0.3 is 15.3 Å². The third-order valence-corrected chi connectivity index (χ3v) is 9.86. The van der Waals surface area contributed by atoms with Crippen molar-refractivity contribution >= 4 is 5.78 Å². The fourth-order valence-corrected chi connectivity index (χ4v) is 7.43. The highest BCUT2D eigenvalue weighted by molar-refractivity contribution is 6.02. The number of allylic oxidation sites excluding steroid dienone is 2. The molecule has 3 rings (SSSR count). The number of carbonyl (C=O) groups excluding carboxylic acids is 1. The summed E-state index contributed by atoms with van der Waals surface area (Å²) in [5.74, 6) is -0.510. The highest BCUT2D eigenvalue weighted by Gasteiger charge is 2.64. The lowest BCUT2D eigenvalue weighted by Gasteiger charge is -2.54. The Balaban J connectivity index is 1.85. The molecule has 2 unspecified atom stereocenters. The molecule has 0 amide bonds. The van der Waals surface area contributed by atoms with E-state index in [1.807, 2.05) is 0 Å². The van der Waals surface area contributed by atoms with Crippen LogP contribution in [0.4, 0.5) is 0 Å². The van der Waals surface area contributed by atoms with Gasteiger partial charge in [-0.25, -0.2) is 0 Å². The predicted octanol–water partition coefficient (Wildman–Crippen LogP) is 5.25. The van der Waals surface area contributed by atoms with Gasteiger partial charge in [0.05, 0.1) is 5.41 Å². The van der Waals surface area contributed by atoms with E-state index in [0.717, 1.165) is 30.8 Å². The predicted molar refractivity (Wildman–Crippen MR) is 124 cm³/mol. The third kappa shape index (κ3) is 3.95. The van der Waals surface area contributed by atoms with Crippen LogP contribution in [0.1, 0.15) is 99.3 Å². The van der Waals surface area contributed by atoms with Gasteiger partial charge in [-0.2, -0.15) is 0 Å². The molecular formula is C27H46O4. The van der Waals surface area contributed by atoms with Gasteiger partial charge in [0.25, 0.3) is 0 Å². The Kier molecular flexibility index (Phi) is 7.16. The molecule has 3 aliphatic carbocycles. The molecule has 31 heavy (non-hydrogen) atoms. The molecule has 7 atom stereocenters. The van der Waals surface area contributed by atoms with Crippen molar-refractivity contribution in [3.8, 4) is 0 Å². The quantitative estimate of drug-likeness (QED) is 0.478. The number of ketones is 1. The number of carbonyl (C=O) groups is 1. The molecule has 178 valence electrons. The molecule has 0 radical (unpaired) electrons. The van der Waals surface area contributed by atoms with Crippen molar-refractivity contribution in [1.82, 2.24) is 0 Å². The van der Waals surface area contributed by atoms with Crippen LogP contribution in [0.25, 0.3) is 0 Å². The van der Waals surface area contributed by atoms with Gasteiger partial charge in [-0.3, -0.25) is 4.79 Å². The highest BCUT2D eigenvalue weighted by Crippen LogP contribution is 2.60. The van der Waals surface area contributed by atoms with Crippen molar-refractivity contribution in [3.05, 3.63) is 11.6 Å². The molecular weight excluding hydrogens is 388 g/mol. The number of aliphatic hydroxyl groups excluding tert-OH is 1. The van der Waals surface area contributed by atoms with Crippen LogP contribution in [0.3, 0.4) is 0 Å². The van der Waals surface area contributed by atoms with E-state index in [1.54, 1.807) is 6.92 Å². The zero-order valence-corrected chi connectivity index (χ0v) is 20.7. The molecule has 0 aliphatic heterocycles. The lowest BCUT2D eigenvalue weighted by atomic mass is 9.53. The second-order valence-corrected chi connectivity index (χ2v) is 11.8. The topological polar surface area (TPSA) is 77.8 Å². The van der Waals surface area contributed by atoms with Crippen LogP contribution in [-0.4, -0.2) is 33.0 Å². The summed E-state index contributed by atoms with van der Waals surface area (Å²) in [6, 6.07) is 0. The molecule has 0 spiro atoms. The first-order valence-corrected chi connectivity index (χ1v) is 12.8. The van der Waals surface area contributed by atoms with E-state index >= 15 is 0 Å². The van der Waals surface area contributed by atoms with E-state index in [-0.39, 0.29) is 23.0 Å². The Labute approximate surface area is 189 Å². The minimum Gasteiger partial charge on any atom is -0.387 e. The van der Waals surface area contributed by atoms with Crippen molar-refractivity contribution in [2.45, 2.75) is 111 Å². The first-order valence-electron chi connectivity index (χ1n) is 12.8. The molecule has 0 heterocycles. The third-order valence-electron chi connectivity index (χ3n) is 9.86. The van der Waals surface area contributed by atoms with Crippen LogP contribution < -0.4 is 0 Å². The summed E-state index contributed by atoms with van der Waals surface area (Å²) >= 11 is 0. The van der Waals surface area contributed by atoms with Crippen LogP contribution >= 0.6 is 0 Å². The van der Waals surface area contributed by atoms with Gasteiger partial charge in [-0.15, -0.1) is 0 Å². The van der Waals surface area contributed by atoms with Gasteiger partial charge in [0.15, 0.2) is 5.78 Å². The zero-order chi connectivity index (χ0) is 23.2. The summed E-state index contributed by atoms with van der Waals surface area (Å²) in [5, 5.41) is 32.0. The van der Waals surface area contributed by atoms with Crippen molar-refractivity contribution in [1.29, 1.82) is 0 Å². The molecule has 0 aromatic rings. The minimum absolute atomic E-state index is 0.0444. The molecule has 0 saturated heterocycles. The summed E-state index contributed by atoms with van der Waals surface area (Å²) in [7, 11) is 0. The first kappa shape index (κ1) is 24.9. The number of hydrogen-bond donors (Lipinski definition) is 3. The van der Waals surface area contributed by atoms with E-state index in [4.69, 9.17) is 0 Å². The van der Waals surface area contributed by atoms with Gasteiger partial charge in [0.2, 0.25) is 5.79 Å². The average Bonchev–Trinajstić information content (AvgIpc) is 3.05. The Morgan fingerprint density at radius 3 is 2.35 bits per heavy atom. The number of hydrogen-bond acceptors (Lipinski definition) is 4. The summed E-state index contributed by atoms with van der Waals surface area (Å²) in [4.78, 5) is 13.9. The lowest BCUT2D eigenvalue weighted by Crippen LogP contribution is -2.66. The Morgan fingerprint density at radius 1 is 1.06 bits per heavy atom. The average molecular weight is 435 g/mol. The maximum atomic E-state index is 13.9. The van der Waals surface area contributed by atoms with Gasteiger partial charge in [0, 0.05) is 0 Å². The summed E-state index contributed by atoms with van der Waals surface area (Å²) in [5.41, 5.74) is -0.478. The number of Topliss-reactive ketones (excluding diaryl/α,β-unsaturated/α-hetero) is 1. The van der Waals surface area contributed by atoms with Crippen molar-refractivity contribution in [3.63, 3.8) is 0 Å². The summed E-state index contributed by atoms with van der Waals surface area (Å²) < 4.78 is 0. The van der Waals surface area contributed by atoms with Crippen molar-refractivity contribution in [2.75, 3.05) is 0 Å². The van der Waals surface area contributed by atoms with Crippen molar-refractivity contribution in [2.24, 2.45) is 40.4 Å². The summed E-state index contributed by atoms with van der Waals surface area (Å²) in [6.07, 6.45) is 9.44.